The summed E-state index contributed by atoms with van der Waals surface area (Å²) in [4.78, 5) is 25.6. The van der Waals surface area contributed by atoms with Crippen molar-refractivity contribution in [1.82, 2.24) is 20.2 Å². The molecule has 3 saturated heterocycles. The van der Waals surface area contributed by atoms with Crippen molar-refractivity contribution < 1.29 is 9.53 Å². The molecule has 0 saturated carbocycles. The van der Waals surface area contributed by atoms with Crippen molar-refractivity contribution in [2.24, 2.45) is 11.8 Å². The lowest BCUT2D eigenvalue weighted by Gasteiger charge is -2.27. The van der Waals surface area contributed by atoms with E-state index in [1.54, 1.807) is 0 Å². The van der Waals surface area contributed by atoms with Crippen molar-refractivity contribution in [2.75, 3.05) is 44.3 Å². The van der Waals surface area contributed by atoms with E-state index in [0.717, 1.165) is 63.9 Å². The predicted octanol–water partition coefficient (Wildman–Crippen LogP) is 1.04. The molecule has 7 nitrogen and oxygen atoms in total. The third kappa shape index (κ3) is 3.17. The average molecular weight is 331 g/mol. The van der Waals surface area contributed by atoms with Gasteiger partial charge in [-0.1, -0.05) is 0 Å². The van der Waals surface area contributed by atoms with E-state index >= 15 is 0 Å². The highest BCUT2D eigenvalue weighted by Gasteiger charge is 2.42. The van der Waals surface area contributed by atoms with Gasteiger partial charge < -0.3 is 19.9 Å². The van der Waals surface area contributed by atoms with Crippen molar-refractivity contribution in [2.45, 2.75) is 25.8 Å². The fraction of sp³-hybridized carbons (Fsp3) is 0.706. The Morgan fingerprint density at radius 3 is 2.58 bits per heavy atom. The van der Waals surface area contributed by atoms with Crippen LogP contribution in [0.5, 0.6) is 0 Å². The summed E-state index contributed by atoms with van der Waals surface area (Å²) < 4.78 is 5.35. The first-order valence-electron chi connectivity index (χ1n) is 8.87. The van der Waals surface area contributed by atoms with Gasteiger partial charge in [-0.3, -0.25) is 0 Å². The number of aryl methyl sites for hydroxylation is 1. The number of amides is 2. The summed E-state index contributed by atoms with van der Waals surface area (Å²) >= 11 is 0. The standard InChI is InChI=1S/C17H25N5O2/c1-12-2-5-18-16(19-12)21-8-13-10-22(11-14(13)9-21)17(23)20-15-3-6-24-7-4-15/h2,5,13-15H,3-4,6-11H2,1H3,(H,20,23). The number of rotatable bonds is 2. The van der Waals surface area contributed by atoms with Crippen LogP contribution >= 0.6 is 0 Å². The lowest BCUT2D eigenvalue weighted by Crippen LogP contribution is -2.46. The van der Waals surface area contributed by atoms with E-state index in [4.69, 9.17) is 4.74 Å². The number of urea groups is 1. The van der Waals surface area contributed by atoms with Gasteiger partial charge in [0.05, 0.1) is 0 Å². The van der Waals surface area contributed by atoms with E-state index in [2.05, 4.69) is 20.2 Å². The van der Waals surface area contributed by atoms with Crippen molar-refractivity contribution >= 4 is 12.0 Å². The van der Waals surface area contributed by atoms with Crippen molar-refractivity contribution in [1.29, 1.82) is 0 Å². The second kappa shape index (κ2) is 6.55. The van der Waals surface area contributed by atoms with Crippen LogP contribution in [0.25, 0.3) is 0 Å². The summed E-state index contributed by atoms with van der Waals surface area (Å²) in [6, 6.07) is 2.28. The molecule has 7 heteroatoms. The Morgan fingerprint density at radius 2 is 1.92 bits per heavy atom. The van der Waals surface area contributed by atoms with Gasteiger partial charge in [0.15, 0.2) is 0 Å². The van der Waals surface area contributed by atoms with Crippen LogP contribution in [0.4, 0.5) is 10.7 Å². The normalized spacial score (nSPS) is 27.4. The molecule has 0 radical (unpaired) electrons. The molecule has 3 fully saturated rings. The van der Waals surface area contributed by atoms with Crippen LogP contribution in [0.1, 0.15) is 18.5 Å². The number of likely N-dealkylation sites (tertiary alicyclic amines) is 1. The van der Waals surface area contributed by atoms with Gasteiger partial charge in [-0.25, -0.2) is 14.8 Å². The minimum absolute atomic E-state index is 0.0923. The molecule has 2 atom stereocenters. The van der Waals surface area contributed by atoms with Crippen LogP contribution in [-0.2, 0) is 4.74 Å². The minimum atomic E-state index is 0.0923. The van der Waals surface area contributed by atoms with Crippen LogP contribution in [-0.4, -0.2) is 66.3 Å². The van der Waals surface area contributed by atoms with E-state index in [9.17, 15) is 4.79 Å². The third-order valence-electron chi connectivity index (χ3n) is 5.39. The fourth-order valence-electron chi connectivity index (χ4n) is 4.02. The van der Waals surface area contributed by atoms with E-state index in [0.29, 0.717) is 11.8 Å². The molecule has 0 bridgehead atoms. The number of hydrogen-bond donors (Lipinski definition) is 1. The quantitative estimate of drug-likeness (QED) is 0.877. The van der Waals surface area contributed by atoms with Gasteiger partial charge >= 0.3 is 6.03 Å². The first-order chi connectivity index (χ1) is 11.7. The summed E-state index contributed by atoms with van der Waals surface area (Å²) in [7, 11) is 0. The van der Waals surface area contributed by atoms with Crippen LogP contribution in [0, 0.1) is 18.8 Å². The minimum Gasteiger partial charge on any atom is -0.381 e. The van der Waals surface area contributed by atoms with E-state index in [-0.39, 0.29) is 12.1 Å². The molecule has 0 aromatic carbocycles. The molecular weight excluding hydrogens is 306 g/mol. The lowest BCUT2D eigenvalue weighted by atomic mass is 10.0. The first kappa shape index (κ1) is 15.6. The molecule has 2 amide bonds. The summed E-state index contributed by atoms with van der Waals surface area (Å²) in [5.74, 6) is 1.87. The number of aromatic nitrogens is 2. The third-order valence-corrected chi connectivity index (χ3v) is 5.39. The van der Waals surface area contributed by atoms with Gasteiger partial charge in [-0.05, 0) is 25.8 Å². The first-order valence-corrected chi connectivity index (χ1v) is 8.87. The zero-order chi connectivity index (χ0) is 16.5. The number of anilines is 1. The predicted molar refractivity (Wildman–Crippen MR) is 89.9 cm³/mol. The van der Waals surface area contributed by atoms with Gasteiger partial charge in [0.25, 0.3) is 0 Å². The fourth-order valence-corrected chi connectivity index (χ4v) is 4.02. The Bertz CT molecular complexity index is 590. The second-order valence-corrected chi connectivity index (χ2v) is 7.16. The van der Waals surface area contributed by atoms with Crippen molar-refractivity contribution in [3.05, 3.63) is 18.0 Å². The van der Waals surface area contributed by atoms with Crippen LogP contribution in [0.15, 0.2) is 12.3 Å². The Balaban J connectivity index is 1.31. The maximum absolute atomic E-state index is 12.5. The van der Waals surface area contributed by atoms with Crippen LogP contribution in [0.3, 0.4) is 0 Å². The highest BCUT2D eigenvalue weighted by molar-refractivity contribution is 5.75. The van der Waals surface area contributed by atoms with Crippen molar-refractivity contribution in [3.63, 3.8) is 0 Å². The van der Waals surface area contributed by atoms with Crippen LogP contribution in [0.2, 0.25) is 0 Å². The molecule has 3 aliphatic rings. The lowest BCUT2D eigenvalue weighted by molar-refractivity contribution is 0.0784. The summed E-state index contributed by atoms with van der Waals surface area (Å²) in [5, 5.41) is 3.17. The van der Waals surface area contributed by atoms with Gasteiger partial charge in [0.2, 0.25) is 5.95 Å². The maximum Gasteiger partial charge on any atom is 0.317 e. The molecule has 1 aromatic rings. The molecule has 4 heterocycles. The highest BCUT2D eigenvalue weighted by Crippen LogP contribution is 2.32. The van der Waals surface area contributed by atoms with E-state index in [1.165, 1.54) is 0 Å². The molecule has 3 aliphatic heterocycles. The Kier molecular flexibility index (Phi) is 4.26. The molecule has 24 heavy (non-hydrogen) atoms. The summed E-state index contributed by atoms with van der Waals surface area (Å²) in [6.45, 7) is 7.04. The van der Waals surface area contributed by atoms with E-state index in [1.807, 2.05) is 24.1 Å². The average Bonchev–Trinajstić information content (AvgIpc) is 3.14. The molecule has 130 valence electrons. The largest absolute Gasteiger partial charge is 0.381 e. The topological polar surface area (TPSA) is 70.6 Å². The Hall–Kier alpha value is -1.89. The number of carbonyl (C=O) groups excluding carboxylic acids is 1. The molecule has 0 spiro atoms. The van der Waals surface area contributed by atoms with Crippen LogP contribution < -0.4 is 10.2 Å². The number of hydrogen-bond acceptors (Lipinski definition) is 5. The van der Waals surface area contributed by atoms with Crippen molar-refractivity contribution in [3.8, 4) is 0 Å². The molecule has 1 N–H and O–H groups in total. The zero-order valence-corrected chi connectivity index (χ0v) is 14.1. The molecule has 1 aromatic heterocycles. The summed E-state index contributed by atoms with van der Waals surface area (Å²) in [5.41, 5.74) is 0.995. The zero-order valence-electron chi connectivity index (χ0n) is 14.1. The smallest absolute Gasteiger partial charge is 0.317 e. The number of ether oxygens (including phenoxy) is 1. The molecule has 0 aliphatic carbocycles. The number of fused-ring (bicyclic) bond motifs is 1. The molecule has 2 unspecified atom stereocenters. The van der Waals surface area contributed by atoms with Gasteiger partial charge in [-0.15, -0.1) is 0 Å². The van der Waals surface area contributed by atoms with Gasteiger partial charge in [0, 0.05) is 69.2 Å². The van der Waals surface area contributed by atoms with Gasteiger partial charge in [0.1, 0.15) is 0 Å². The second-order valence-electron chi connectivity index (χ2n) is 7.16. The monoisotopic (exact) mass is 331 g/mol. The SMILES string of the molecule is Cc1ccnc(N2CC3CN(C(=O)NC4CCOCC4)CC3C2)n1. The highest BCUT2D eigenvalue weighted by atomic mass is 16.5. The molecular formula is C17H25N5O2. The van der Waals surface area contributed by atoms with E-state index < -0.39 is 0 Å². The number of nitrogens with one attached hydrogen (secondary N) is 1. The Morgan fingerprint density at radius 1 is 1.21 bits per heavy atom. The number of nitrogens with zero attached hydrogens (tertiary/aromatic N) is 4. The van der Waals surface area contributed by atoms with Gasteiger partial charge in [-0.2, -0.15) is 0 Å². The summed E-state index contributed by atoms with van der Waals surface area (Å²) in [6.07, 6.45) is 3.66. The maximum atomic E-state index is 12.5. The molecule has 4 rings (SSSR count). The number of carbonyl (C=O) groups is 1. The Labute approximate surface area is 142 Å².